The Hall–Kier alpha value is -2.13. The highest BCUT2D eigenvalue weighted by Gasteiger charge is 2.06. The molecule has 0 aliphatic carbocycles. The van der Waals surface area contributed by atoms with E-state index in [1.807, 2.05) is 42.3 Å². The minimum atomic E-state index is -0.517. The van der Waals surface area contributed by atoms with Crippen molar-refractivity contribution in [2.75, 3.05) is 11.9 Å². The molecule has 2 rings (SSSR count). The van der Waals surface area contributed by atoms with Crippen LogP contribution in [0.15, 0.2) is 39.6 Å². The minimum absolute atomic E-state index is 0.206. The van der Waals surface area contributed by atoms with Crippen molar-refractivity contribution in [2.24, 2.45) is 0 Å². The predicted molar refractivity (Wildman–Crippen MR) is 75.8 cm³/mol. The lowest BCUT2D eigenvalue weighted by Gasteiger charge is -2.17. The molecule has 2 aromatic rings. The van der Waals surface area contributed by atoms with Crippen LogP contribution < -0.4 is 10.6 Å². The van der Waals surface area contributed by atoms with Gasteiger partial charge in [0.15, 0.2) is 0 Å². The van der Waals surface area contributed by atoms with Gasteiger partial charge in [-0.1, -0.05) is 28.1 Å². The Labute approximate surface area is 118 Å². The van der Waals surface area contributed by atoms with Crippen molar-refractivity contribution in [1.29, 1.82) is 5.26 Å². The van der Waals surface area contributed by atoms with Crippen molar-refractivity contribution in [1.82, 2.24) is 9.97 Å². The summed E-state index contributed by atoms with van der Waals surface area (Å²) in [6.45, 7) is 0.606. The van der Waals surface area contributed by atoms with Gasteiger partial charge in [0, 0.05) is 24.1 Å². The van der Waals surface area contributed by atoms with Gasteiger partial charge in [0.1, 0.15) is 17.6 Å². The fourth-order valence-corrected chi connectivity index (χ4v) is 1.91. The largest absolute Gasteiger partial charge is 0.355 e. The molecule has 0 unspecified atom stereocenters. The number of rotatable bonds is 3. The molecule has 96 valence electrons. The Balaban J connectivity index is 2.22. The van der Waals surface area contributed by atoms with Crippen LogP contribution in [0.25, 0.3) is 0 Å². The van der Waals surface area contributed by atoms with Crippen LogP contribution in [-0.2, 0) is 6.54 Å². The first kappa shape index (κ1) is 13.3. The average molecular weight is 319 g/mol. The molecule has 0 amide bonds. The number of halogens is 1. The Kier molecular flexibility index (Phi) is 3.97. The van der Waals surface area contributed by atoms with E-state index in [-0.39, 0.29) is 5.69 Å². The molecule has 0 aliphatic rings. The Morgan fingerprint density at radius 2 is 2.11 bits per heavy atom. The zero-order valence-electron chi connectivity index (χ0n) is 10.2. The van der Waals surface area contributed by atoms with E-state index in [1.165, 1.54) is 0 Å². The number of nitrogens with one attached hydrogen (secondary N) is 1. The smallest absolute Gasteiger partial charge is 0.347 e. The van der Waals surface area contributed by atoms with Gasteiger partial charge >= 0.3 is 5.69 Å². The average Bonchev–Trinajstić information content (AvgIpc) is 2.40. The SMILES string of the molecule is CN(Cc1ccc(Br)cc1)c1cc(C#N)[nH]c(=O)n1. The topological polar surface area (TPSA) is 72.8 Å². The number of aromatic amines is 1. The number of hydrogen-bond donors (Lipinski definition) is 1. The number of hydrogen-bond acceptors (Lipinski definition) is 4. The standard InChI is InChI=1S/C13H11BrN4O/c1-18(8-9-2-4-10(14)5-3-9)12-6-11(7-15)16-13(19)17-12/h2-6H,8H2,1H3,(H,16,17,19). The molecule has 1 N–H and O–H groups in total. The molecular weight excluding hydrogens is 308 g/mol. The molecule has 0 saturated heterocycles. The second kappa shape index (κ2) is 5.67. The maximum Gasteiger partial charge on any atom is 0.347 e. The molecule has 0 radical (unpaired) electrons. The van der Waals surface area contributed by atoms with Crippen LogP contribution in [0.1, 0.15) is 11.3 Å². The molecule has 0 spiro atoms. The summed E-state index contributed by atoms with van der Waals surface area (Å²) in [5.41, 5.74) is 0.778. The third-order valence-electron chi connectivity index (χ3n) is 2.58. The maximum absolute atomic E-state index is 11.3. The Bertz CT molecular complexity index is 672. The highest BCUT2D eigenvalue weighted by molar-refractivity contribution is 9.10. The van der Waals surface area contributed by atoms with Crippen LogP contribution in [0, 0.1) is 11.3 Å². The van der Waals surface area contributed by atoms with Crippen LogP contribution in [-0.4, -0.2) is 17.0 Å². The van der Waals surface area contributed by atoms with Gasteiger partial charge in [0.25, 0.3) is 0 Å². The van der Waals surface area contributed by atoms with Crippen LogP contribution in [0.3, 0.4) is 0 Å². The quantitative estimate of drug-likeness (QED) is 0.940. The second-order valence-corrected chi connectivity index (χ2v) is 4.97. The predicted octanol–water partition coefficient (Wildman–Crippen LogP) is 2.04. The first-order chi connectivity index (χ1) is 9.08. The van der Waals surface area contributed by atoms with Gasteiger partial charge in [-0.05, 0) is 17.7 Å². The lowest BCUT2D eigenvalue weighted by atomic mass is 10.2. The van der Waals surface area contributed by atoms with E-state index in [9.17, 15) is 4.79 Å². The first-order valence-corrected chi connectivity index (χ1v) is 6.35. The van der Waals surface area contributed by atoms with E-state index in [2.05, 4.69) is 25.9 Å². The van der Waals surface area contributed by atoms with Gasteiger partial charge in [-0.25, -0.2) is 4.79 Å². The van der Waals surface area contributed by atoms with Crippen LogP contribution in [0.2, 0.25) is 0 Å². The first-order valence-electron chi connectivity index (χ1n) is 5.55. The highest BCUT2D eigenvalue weighted by atomic mass is 79.9. The van der Waals surface area contributed by atoms with E-state index in [0.29, 0.717) is 12.4 Å². The number of nitrogens with zero attached hydrogens (tertiary/aromatic N) is 3. The summed E-state index contributed by atoms with van der Waals surface area (Å²) in [7, 11) is 1.82. The summed E-state index contributed by atoms with van der Waals surface area (Å²) in [4.78, 5) is 19.4. The number of anilines is 1. The summed E-state index contributed by atoms with van der Waals surface area (Å²) < 4.78 is 1.01. The third-order valence-corrected chi connectivity index (χ3v) is 3.10. The van der Waals surface area contributed by atoms with Crippen molar-refractivity contribution in [3.63, 3.8) is 0 Å². The maximum atomic E-state index is 11.3. The molecule has 1 aromatic carbocycles. The van der Waals surface area contributed by atoms with Crippen LogP contribution in [0.5, 0.6) is 0 Å². The van der Waals surface area contributed by atoms with Crippen LogP contribution in [0.4, 0.5) is 5.82 Å². The Morgan fingerprint density at radius 1 is 1.42 bits per heavy atom. The monoisotopic (exact) mass is 318 g/mol. The van der Waals surface area contributed by atoms with Crippen molar-refractivity contribution >= 4 is 21.7 Å². The molecule has 6 heteroatoms. The van der Waals surface area contributed by atoms with Gasteiger partial charge in [-0.2, -0.15) is 10.2 Å². The van der Waals surface area contributed by atoms with E-state index in [1.54, 1.807) is 6.07 Å². The fraction of sp³-hybridized carbons (Fsp3) is 0.154. The second-order valence-electron chi connectivity index (χ2n) is 4.05. The molecular formula is C13H11BrN4O. The van der Waals surface area contributed by atoms with E-state index in [4.69, 9.17) is 5.26 Å². The van der Waals surface area contributed by atoms with Gasteiger partial charge in [0.05, 0.1) is 0 Å². The lowest BCUT2D eigenvalue weighted by molar-refractivity contribution is 0.877. The fourth-order valence-electron chi connectivity index (χ4n) is 1.65. The molecule has 19 heavy (non-hydrogen) atoms. The molecule has 0 aliphatic heterocycles. The highest BCUT2D eigenvalue weighted by Crippen LogP contribution is 2.14. The molecule has 0 bridgehead atoms. The zero-order valence-corrected chi connectivity index (χ0v) is 11.8. The molecule has 0 fully saturated rings. The summed E-state index contributed by atoms with van der Waals surface area (Å²) in [6, 6.07) is 11.3. The number of H-pyrrole nitrogens is 1. The summed E-state index contributed by atoms with van der Waals surface area (Å²) in [6.07, 6.45) is 0. The summed E-state index contributed by atoms with van der Waals surface area (Å²) in [5.74, 6) is 0.475. The number of benzene rings is 1. The zero-order chi connectivity index (χ0) is 13.8. The van der Waals surface area contributed by atoms with Crippen LogP contribution >= 0.6 is 15.9 Å². The van der Waals surface area contributed by atoms with Gasteiger partial charge in [-0.15, -0.1) is 0 Å². The Morgan fingerprint density at radius 3 is 2.74 bits per heavy atom. The van der Waals surface area contributed by atoms with E-state index >= 15 is 0 Å². The van der Waals surface area contributed by atoms with Gasteiger partial charge in [-0.3, -0.25) is 4.98 Å². The third kappa shape index (κ3) is 3.42. The molecule has 5 nitrogen and oxygen atoms in total. The minimum Gasteiger partial charge on any atom is -0.355 e. The summed E-state index contributed by atoms with van der Waals surface area (Å²) in [5, 5.41) is 8.82. The lowest BCUT2D eigenvalue weighted by Crippen LogP contribution is -2.22. The van der Waals surface area contributed by atoms with Crippen molar-refractivity contribution in [3.05, 3.63) is 56.5 Å². The van der Waals surface area contributed by atoms with Crippen molar-refractivity contribution in [3.8, 4) is 6.07 Å². The number of aromatic nitrogens is 2. The molecule has 0 saturated carbocycles. The van der Waals surface area contributed by atoms with Crippen molar-refractivity contribution in [2.45, 2.75) is 6.54 Å². The van der Waals surface area contributed by atoms with Gasteiger partial charge < -0.3 is 4.90 Å². The number of nitriles is 1. The van der Waals surface area contributed by atoms with E-state index in [0.717, 1.165) is 10.0 Å². The molecule has 1 heterocycles. The van der Waals surface area contributed by atoms with Gasteiger partial charge in [0.2, 0.25) is 0 Å². The normalized spacial score (nSPS) is 9.95. The molecule has 1 aromatic heterocycles. The summed E-state index contributed by atoms with van der Waals surface area (Å²) >= 11 is 3.38. The molecule has 0 atom stereocenters. The van der Waals surface area contributed by atoms with E-state index < -0.39 is 5.69 Å². The van der Waals surface area contributed by atoms with Crippen molar-refractivity contribution < 1.29 is 0 Å².